The first kappa shape index (κ1) is 25.8. The molecular weight excluding hydrogens is 419 g/mol. The van der Waals surface area contributed by atoms with E-state index < -0.39 is 23.5 Å². The Balaban J connectivity index is 1.93. The highest BCUT2D eigenvalue weighted by molar-refractivity contribution is 5.77. The Kier molecular flexibility index (Phi) is 9.65. The predicted octanol–water partition coefficient (Wildman–Crippen LogP) is 4.94. The molecule has 0 saturated carbocycles. The number of aromatic nitrogens is 1. The lowest BCUT2D eigenvalue weighted by Gasteiger charge is -2.22. The molecule has 1 aromatic heterocycles. The molecule has 0 fully saturated rings. The molecule has 0 unspecified atom stereocenters. The Labute approximate surface area is 187 Å². The Bertz CT molecular complexity index is 898. The molecule has 1 aromatic carbocycles. The van der Waals surface area contributed by atoms with Gasteiger partial charge in [-0.1, -0.05) is 32.4 Å². The van der Waals surface area contributed by atoms with Crippen molar-refractivity contribution < 1.29 is 23.2 Å². The normalized spacial score (nSPS) is 13.3. The molecule has 0 aliphatic carbocycles. The SMILES string of the molecule is Cc1cc(C[C@H](CCCCN[C@@H](c2ncc(F)cc2F)C(C)C)C(=O)NO)cc(C)c1F. The maximum atomic E-state index is 14.1. The Morgan fingerprint density at radius 2 is 1.75 bits per heavy atom. The quantitative estimate of drug-likeness (QED) is 0.257. The average Bonchev–Trinajstić information content (AvgIpc) is 2.73. The molecule has 0 bridgehead atoms. The van der Waals surface area contributed by atoms with Crippen LogP contribution in [-0.2, 0) is 11.2 Å². The van der Waals surface area contributed by atoms with Crippen LogP contribution in [0.25, 0.3) is 0 Å². The van der Waals surface area contributed by atoms with E-state index >= 15 is 0 Å². The minimum Gasteiger partial charge on any atom is -0.308 e. The molecule has 1 amide bonds. The molecule has 32 heavy (non-hydrogen) atoms. The molecular formula is C24H32F3N3O2. The second kappa shape index (κ2) is 12.0. The molecule has 2 rings (SSSR count). The smallest absolute Gasteiger partial charge is 0.246 e. The van der Waals surface area contributed by atoms with Gasteiger partial charge in [0.05, 0.1) is 17.9 Å². The Morgan fingerprint density at radius 3 is 2.31 bits per heavy atom. The van der Waals surface area contributed by atoms with E-state index in [1.54, 1.807) is 31.5 Å². The molecule has 0 radical (unpaired) electrons. The van der Waals surface area contributed by atoms with Crippen molar-refractivity contribution in [2.75, 3.05) is 6.54 Å². The zero-order valence-electron chi connectivity index (χ0n) is 19.0. The summed E-state index contributed by atoms with van der Waals surface area (Å²) in [7, 11) is 0. The zero-order chi connectivity index (χ0) is 23.8. The van der Waals surface area contributed by atoms with Crippen molar-refractivity contribution in [1.29, 1.82) is 0 Å². The van der Waals surface area contributed by atoms with Gasteiger partial charge in [-0.15, -0.1) is 0 Å². The molecule has 0 aliphatic heterocycles. The maximum absolute atomic E-state index is 14.1. The second-order valence-electron chi connectivity index (χ2n) is 8.61. The number of carbonyl (C=O) groups excluding carboxylic acids is 1. The van der Waals surface area contributed by atoms with Gasteiger partial charge in [-0.2, -0.15) is 0 Å². The van der Waals surface area contributed by atoms with Crippen molar-refractivity contribution >= 4 is 5.91 Å². The predicted molar refractivity (Wildman–Crippen MR) is 117 cm³/mol. The molecule has 0 saturated heterocycles. The van der Waals surface area contributed by atoms with Crippen molar-refractivity contribution in [1.82, 2.24) is 15.8 Å². The summed E-state index contributed by atoms with van der Waals surface area (Å²) in [5.41, 5.74) is 3.79. The van der Waals surface area contributed by atoms with Crippen molar-refractivity contribution in [3.05, 3.63) is 64.2 Å². The summed E-state index contributed by atoms with van der Waals surface area (Å²) in [6, 6.07) is 3.91. The first-order valence-electron chi connectivity index (χ1n) is 10.9. The Hall–Kier alpha value is -2.45. The van der Waals surface area contributed by atoms with Gasteiger partial charge in [-0.3, -0.25) is 15.0 Å². The number of carbonyl (C=O) groups is 1. The lowest BCUT2D eigenvalue weighted by molar-refractivity contribution is -0.133. The monoisotopic (exact) mass is 451 g/mol. The van der Waals surface area contributed by atoms with Gasteiger partial charge in [0.25, 0.3) is 0 Å². The Morgan fingerprint density at radius 1 is 1.09 bits per heavy atom. The average molecular weight is 452 g/mol. The van der Waals surface area contributed by atoms with E-state index in [2.05, 4.69) is 10.3 Å². The standard InChI is InChI=1S/C24H32F3N3O2/c1-14(2)22(23-20(26)12-19(25)13-29-23)28-8-6-5-7-18(24(31)30-32)11-17-9-15(3)21(27)16(4)10-17/h9-10,12-14,18,22,28,32H,5-8,11H2,1-4H3,(H,30,31)/t18-,22+/m0/s1. The number of rotatable bonds is 11. The molecule has 3 N–H and O–H groups in total. The summed E-state index contributed by atoms with van der Waals surface area (Å²) in [6.45, 7) is 7.78. The summed E-state index contributed by atoms with van der Waals surface area (Å²) in [5, 5.41) is 12.4. The summed E-state index contributed by atoms with van der Waals surface area (Å²) >= 11 is 0. The van der Waals surface area contributed by atoms with Crippen LogP contribution in [0.5, 0.6) is 0 Å². The van der Waals surface area contributed by atoms with Crippen LogP contribution in [0.4, 0.5) is 13.2 Å². The number of unbranched alkanes of at least 4 members (excludes halogenated alkanes) is 1. The molecule has 0 aliphatic rings. The lowest BCUT2D eigenvalue weighted by atomic mass is 9.91. The van der Waals surface area contributed by atoms with Crippen LogP contribution in [0.3, 0.4) is 0 Å². The van der Waals surface area contributed by atoms with Crippen molar-refractivity contribution in [3.8, 4) is 0 Å². The van der Waals surface area contributed by atoms with Crippen LogP contribution < -0.4 is 10.8 Å². The number of halogens is 3. The first-order valence-corrected chi connectivity index (χ1v) is 10.9. The number of benzene rings is 1. The van der Waals surface area contributed by atoms with Gasteiger partial charge in [-0.25, -0.2) is 18.7 Å². The van der Waals surface area contributed by atoms with E-state index in [0.29, 0.717) is 43.4 Å². The van der Waals surface area contributed by atoms with Gasteiger partial charge in [0.2, 0.25) is 5.91 Å². The van der Waals surface area contributed by atoms with E-state index in [1.165, 1.54) is 0 Å². The molecule has 176 valence electrons. The zero-order valence-corrected chi connectivity index (χ0v) is 19.0. The van der Waals surface area contributed by atoms with Crippen LogP contribution in [0.2, 0.25) is 0 Å². The molecule has 0 spiro atoms. The molecule has 2 atom stereocenters. The number of pyridine rings is 1. The third-order valence-electron chi connectivity index (χ3n) is 5.60. The third-order valence-corrected chi connectivity index (χ3v) is 5.60. The summed E-state index contributed by atoms with van der Waals surface area (Å²) < 4.78 is 41.2. The third kappa shape index (κ3) is 7.03. The van der Waals surface area contributed by atoms with Gasteiger partial charge in [0, 0.05) is 12.0 Å². The molecule has 2 aromatic rings. The molecule has 1 heterocycles. The highest BCUT2D eigenvalue weighted by Gasteiger charge is 2.22. The highest BCUT2D eigenvalue weighted by Crippen LogP contribution is 2.24. The minimum absolute atomic E-state index is 0.0420. The molecule has 5 nitrogen and oxygen atoms in total. The number of amides is 1. The summed E-state index contributed by atoms with van der Waals surface area (Å²) in [4.78, 5) is 16.0. The number of nitrogens with zero attached hydrogens (tertiary/aromatic N) is 1. The number of hydroxylamine groups is 1. The highest BCUT2D eigenvalue weighted by atomic mass is 19.1. The van der Waals surface area contributed by atoms with Gasteiger partial charge >= 0.3 is 0 Å². The van der Waals surface area contributed by atoms with Crippen LogP contribution >= 0.6 is 0 Å². The number of hydrogen-bond donors (Lipinski definition) is 3. The van der Waals surface area contributed by atoms with E-state index in [4.69, 9.17) is 5.21 Å². The van der Waals surface area contributed by atoms with Crippen LogP contribution in [0.15, 0.2) is 24.4 Å². The summed E-state index contributed by atoms with van der Waals surface area (Å²) in [5.74, 6) is -2.54. The van der Waals surface area contributed by atoms with E-state index in [1.807, 2.05) is 13.8 Å². The van der Waals surface area contributed by atoms with E-state index in [-0.39, 0.29) is 23.5 Å². The van der Waals surface area contributed by atoms with Crippen molar-refractivity contribution in [2.45, 2.75) is 59.4 Å². The van der Waals surface area contributed by atoms with E-state index in [0.717, 1.165) is 17.8 Å². The van der Waals surface area contributed by atoms with Gasteiger partial charge in [-0.05, 0) is 62.3 Å². The fourth-order valence-corrected chi connectivity index (χ4v) is 3.93. The molecule has 8 heteroatoms. The number of aryl methyl sites for hydroxylation is 2. The number of nitrogens with one attached hydrogen (secondary N) is 2. The van der Waals surface area contributed by atoms with Crippen molar-refractivity contribution in [3.63, 3.8) is 0 Å². The fourth-order valence-electron chi connectivity index (χ4n) is 3.93. The summed E-state index contributed by atoms with van der Waals surface area (Å²) in [6.07, 6.45) is 3.32. The first-order chi connectivity index (χ1) is 15.1. The second-order valence-corrected chi connectivity index (χ2v) is 8.61. The van der Waals surface area contributed by atoms with Gasteiger partial charge in [0.1, 0.15) is 17.5 Å². The van der Waals surface area contributed by atoms with E-state index in [9.17, 15) is 18.0 Å². The topological polar surface area (TPSA) is 74.2 Å². The fraction of sp³-hybridized carbons (Fsp3) is 0.500. The number of hydrogen-bond acceptors (Lipinski definition) is 4. The van der Waals surface area contributed by atoms with Crippen LogP contribution in [-0.4, -0.2) is 22.6 Å². The van der Waals surface area contributed by atoms with Gasteiger partial charge in [0.15, 0.2) is 0 Å². The lowest BCUT2D eigenvalue weighted by Crippen LogP contribution is -2.30. The van der Waals surface area contributed by atoms with Gasteiger partial charge < -0.3 is 5.32 Å². The maximum Gasteiger partial charge on any atom is 0.246 e. The van der Waals surface area contributed by atoms with Crippen molar-refractivity contribution in [2.24, 2.45) is 11.8 Å². The minimum atomic E-state index is -0.714. The van der Waals surface area contributed by atoms with Crippen LogP contribution in [0.1, 0.15) is 61.5 Å². The van der Waals surface area contributed by atoms with Crippen LogP contribution in [0, 0.1) is 43.1 Å². The largest absolute Gasteiger partial charge is 0.308 e.